The summed E-state index contributed by atoms with van der Waals surface area (Å²) in [5, 5.41) is 6.37. The van der Waals surface area contributed by atoms with Crippen molar-refractivity contribution in [3.05, 3.63) is 90.3 Å². The Hall–Kier alpha value is -6.64. The highest BCUT2D eigenvalue weighted by molar-refractivity contribution is 6.06. The summed E-state index contributed by atoms with van der Waals surface area (Å²) in [7, 11) is 6.45. The molecule has 15 heteroatoms. The molecule has 15 nitrogen and oxygen atoms in total. The average molecular weight is 719 g/mol. The Bertz CT molecular complexity index is 2330. The lowest BCUT2D eigenvalue weighted by molar-refractivity contribution is -0.116. The molecule has 5 aromatic rings. The van der Waals surface area contributed by atoms with E-state index in [1.54, 1.807) is 84.3 Å². The van der Waals surface area contributed by atoms with Crippen LogP contribution >= 0.6 is 0 Å². The molecule has 1 fully saturated rings. The van der Waals surface area contributed by atoms with E-state index in [4.69, 9.17) is 14.2 Å². The molecule has 5 heterocycles. The summed E-state index contributed by atoms with van der Waals surface area (Å²) in [6.45, 7) is 4.70. The van der Waals surface area contributed by atoms with Crippen LogP contribution in [0.3, 0.4) is 0 Å². The van der Waals surface area contributed by atoms with Crippen LogP contribution in [0, 0.1) is 0 Å². The zero-order valence-electron chi connectivity index (χ0n) is 29.7. The van der Waals surface area contributed by atoms with Gasteiger partial charge in [0.2, 0.25) is 11.7 Å². The van der Waals surface area contributed by atoms with Crippen LogP contribution < -0.4 is 24.8 Å². The van der Waals surface area contributed by atoms with Crippen molar-refractivity contribution in [2.45, 2.75) is 25.3 Å². The van der Waals surface area contributed by atoms with E-state index in [1.807, 2.05) is 18.2 Å². The fourth-order valence-electron chi connectivity index (χ4n) is 6.54. The van der Waals surface area contributed by atoms with Gasteiger partial charge >= 0.3 is 0 Å². The first-order valence-electron chi connectivity index (χ1n) is 16.9. The molecule has 3 amide bonds. The molecule has 7 rings (SSSR count). The van der Waals surface area contributed by atoms with Crippen molar-refractivity contribution >= 4 is 57.9 Å². The number of carbonyl (C=O) groups is 4. The van der Waals surface area contributed by atoms with E-state index in [0.29, 0.717) is 59.3 Å². The molecular formula is C38H38N8O7. The van der Waals surface area contributed by atoms with E-state index in [2.05, 4.69) is 27.2 Å². The number of methoxy groups -OCH3 is 2. The van der Waals surface area contributed by atoms with E-state index >= 15 is 0 Å². The van der Waals surface area contributed by atoms with Crippen LogP contribution in [-0.2, 0) is 18.9 Å². The Morgan fingerprint density at radius 1 is 0.981 bits per heavy atom. The minimum absolute atomic E-state index is 0.0625. The van der Waals surface area contributed by atoms with Crippen molar-refractivity contribution in [3.63, 3.8) is 0 Å². The molecule has 0 aliphatic carbocycles. The number of carbonyl (C=O) groups excluding carboxylic acids is 4. The molecule has 0 bridgehead atoms. The number of hydrogen-bond donors (Lipinski definition) is 2. The third-order valence-corrected chi connectivity index (χ3v) is 9.20. The zero-order valence-corrected chi connectivity index (χ0v) is 29.7. The van der Waals surface area contributed by atoms with E-state index in [0.717, 1.165) is 16.5 Å². The molecule has 1 saturated heterocycles. The summed E-state index contributed by atoms with van der Waals surface area (Å²) in [5.74, 6) is 0.536. The maximum atomic E-state index is 13.4. The lowest BCUT2D eigenvalue weighted by atomic mass is 10.1. The predicted molar refractivity (Wildman–Crippen MR) is 198 cm³/mol. The second kappa shape index (κ2) is 14.2. The number of rotatable bonds is 11. The highest BCUT2D eigenvalue weighted by Gasteiger charge is 2.34. The fourth-order valence-corrected chi connectivity index (χ4v) is 6.54. The largest absolute Gasteiger partial charge is 0.497 e. The summed E-state index contributed by atoms with van der Waals surface area (Å²) in [6, 6.07) is 12.1. The first-order chi connectivity index (χ1) is 25.5. The number of nitrogens with one attached hydrogen (secondary N) is 2. The van der Waals surface area contributed by atoms with Crippen molar-refractivity contribution < 1.29 is 33.4 Å². The number of aliphatic imine (C=N–C) groups is 1. The topological polar surface area (TPSA) is 163 Å². The van der Waals surface area contributed by atoms with E-state index in [1.165, 1.54) is 11.7 Å². The molecule has 2 aromatic carbocycles. The molecule has 0 saturated carbocycles. The van der Waals surface area contributed by atoms with Crippen LogP contribution in [0.25, 0.3) is 10.9 Å². The number of benzene rings is 2. The average Bonchev–Trinajstić information content (AvgIpc) is 3.91. The summed E-state index contributed by atoms with van der Waals surface area (Å²) in [6.07, 6.45) is 7.81. The predicted octanol–water partition coefficient (Wildman–Crippen LogP) is 4.96. The first kappa shape index (κ1) is 34.8. The second-order valence-corrected chi connectivity index (χ2v) is 12.9. The summed E-state index contributed by atoms with van der Waals surface area (Å²) in [4.78, 5) is 63.2. The van der Waals surface area contributed by atoms with Gasteiger partial charge in [0.1, 0.15) is 11.4 Å². The minimum atomic E-state index is -0.518. The number of aromatic nitrogens is 4. The lowest BCUT2D eigenvalue weighted by Crippen LogP contribution is -2.35. The van der Waals surface area contributed by atoms with Crippen LogP contribution in [0.4, 0.5) is 17.2 Å². The molecule has 3 aromatic heterocycles. The quantitative estimate of drug-likeness (QED) is 0.143. The first-order valence-corrected chi connectivity index (χ1v) is 16.9. The van der Waals surface area contributed by atoms with Crippen LogP contribution in [-0.4, -0.2) is 86.8 Å². The third-order valence-electron chi connectivity index (χ3n) is 9.20. The second-order valence-electron chi connectivity index (χ2n) is 12.9. The summed E-state index contributed by atoms with van der Waals surface area (Å²) in [5.41, 5.74) is 3.40. The van der Waals surface area contributed by atoms with Gasteiger partial charge in [-0.2, -0.15) is 0 Å². The van der Waals surface area contributed by atoms with Crippen LogP contribution in [0.15, 0.2) is 78.2 Å². The van der Waals surface area contributed by atoms with Crippen molar-refractivity contribution in [1.82, 2.24) is 23.6 Å². The minimum Gasteiger partial charge on any atom is -0.497 e. The molecule has 0 spiro atoms. The van der Waals surface area contributed by atoms with Gasteiger partial charge in [0, 0.05) is 63.3 Å². The standard InChI is InChI=1S/C38H38N8O7/c1-22-13-25-18-39-28-17-32(31(52-5)16-27(28)37(49)46(25)19-22)53-12-6-7-34(47)41-33-21-44(3)35(42-33)36(48)40-24-15-30(43(2)20-24)38(50)45-11-10-23-14-26(51-4)8-9-29(23)45/h8-11,14-18,20-21,25H,1,6-7,12-13,19H2,2-5H3,(H,40,48)(H,41,47). The number of imidazole rings is 1. The lowest BCUT2D eigenvalue weighted by Gasteiger charge is -2.20. The van der Waals surface area contributed by atoms with Crippen LogP contribution in [0.2, 0.25) is 0 Å². The Kier molecular flexibility index (Phi) is 9.30. The number of hydrogen-bond acceptors (Lipinski definition) is 9. The van der Waals surface area contributed by atoms with Gasteiger partial charge in [-0.1, -0.05) is 12.2 Å². The van der Waals surface area contributed by atoms with Gasteiger partial charge in [-0.25, -0.2) is 4.98 Å². The van der Waals surface area contributed by atoms with Gasteiger partial charge in [-0.3, -0.25) is 28.7 Å². The Morgan fingerprint density at radius 2 is 1.81 bits per heavy atom. The van der Waals surface area contributed by atoms with Crippen molar-refractivity contribution in [2.24, 2.45) is 19.1 Å². The SMILES string of the molecule is C=C1CC2C=Nc3cc(OCCCC(=O)Nc4cn(C)c(C(=O)Nc5cc(C(=O)n6ccc7cc(OC)ccc76)n(C)c5)n4)c(OC)cc3C(=O)N2C1. The normalized spacial score (nSPS) is 14.9. The van der Waals surface area contributed by atoms with Crippen molar-refractivity contribution in [2.75, 3.05) is 38.0 Å². The van der Waals surface area contributed by atoms with Gasteiger partial charge in [0.15, 0.2) is 17.3 Å². The van der Waals surface area contributed by atoms with E-state index in [-0.39, 0.29) is 48.4 Å². The molecule has 2 aliphatic heterocycles. The Balaban J connectivity index is 0.930. The molecule has 0 radical (unpaired) electrons. The maximum absolute atomic E-state index is 13.4. The number of amides is 3. The van der Waals surface area contributed by atoms with Gasteiger partial charge in [0.25, 0.3) is 17.7 Å². The smallest absolute Gasteiger partial charge is 0.291 e. The number of aryl methyl sites for hydroxylation is 2. The number of fused-ring (bicyclic) bond motifs is 3. The Morgan fingerprint density at radius 3 is 2.60 bits per heavy atom. The maximum Gasteiger partial charge on any atom is 0.291 e. The summed E-state index contributed by atoms with van der Waals surface area (Å²) < 4.78 is 21.4. The molecule has 1 unspecified atom stereocenters. The summed E-state index contributed by atoms with van der Waals surface area (Å²) >= 11 is 0. The van der Waals surface area contributed by atoms with Gasteiger partial charge in [0.05, 0.1) is 49.3 Å². The van der Waals surface area contributed by atoms with Gasteiger partial charge in [-0.15, -0.1) is 0 Å². The highest BCUT2D eigenvalue weighted by Crippen LogP contribution is 2.38. The monoisotopic (exact) mass is 718 g/mol. The fraction of sp³-hybridized carbons (Fsp3) is 0.263. The zero-order chi connectivity index (χ0) is 37.4. The molecule has 53 heavy (non-hydrogen) atoms. The molecule has 2 N–H and O–H groups in total. The van der Waals surface area contributed by atoms with Crippen molar-refractivity contribution in [1.29, 1.82) is 0 Å². The number of nitrogens with zero attached hydrogens (tertiary/aromatic N) is 6. The number of ether oxygens (including phenoxy) is 3. The Labute approximate surface area is 304 Å². The van der Waals surface area contributed by atoms with Crippen LogP contribution in [0.5, 0.6) is 17.2 Å². The van der Waals surface area contributed by atoms with E-state index < -0.39 is 5.91 Å². The molecule has 1 atom stereocenters. The van der Waals surface area contributed by atoms with Gasteiger partial charge in [-0.05, 0) is 49.2 Å². The number of anilines is 2. The molecule has 2 aliphatic rings. The van der Waals surface area contributed by atoms with E-state index in [9.17, 15) is 19.2 Å². The highest BCUT2D eigenvalue weighted by atomic mass is 16.5. The van der Waals surface area contributed by atoms with Crippen molar-refractivity contribution in [3.8, 4) is 17.2 Å². The van der Waals surface area contributed by atoms with Gasteiger partial charge < -0.3 is 38.9 Å². The molecular weight excluding hydrogens is 680 g/mol. The molecule has 272 valence electrons. The third kappa shape index (κ3) is 6.88. The van der Waals surface area contributed by atoms with Crippen LogP contribution in [0.1, 0.15) is 50.7 Å².